The third-order valence-electron chi connectivity index (χ3n) is 6.14. The van der Waals surface area contributed by atoms with Crippen molar-refractivity contribution in [3.05, 3.63) is 76.0 Å². The van der Waals surface area contributed by atoms with Gasteiger partial charge in [-0.25, -0.2) is 28.7 Å². The maximum absolute atomic E-state index is 15.2. The smallest absolute Gasteiger partial charge is 0.159 e. The number of hydrogen-bond donors (Lipinski definition) is 1. The minimum absolute atomic E-state index is 0.0147. The summed E-state index contributed by atoms with van der Waals surface area (Å²) in [4.78, 5) is 19.2. The number of anilines is 1. The van der Waals surface area contributed by atoms with Gasteiger partial charge in [0.1, 0.15) is 22.6 Å². The molecule has 0 saturated carbocycles. The van der Waals surface area contributed by atoms with Crippen LogP contribution in [0.3, 0.4) is 0 Å². The zero-order valence-electron chi connectivity index (χ0n) is 21.0. The summed E-state index contributed by atoms with van der Waals surface area (Å²) in [7, 11) is 0. The van der Waals surface area contributed by atoms with Crippen molar-refractivity contribution in [2.24, 2.45) is 0 Å². The number of aryl methyl sites for hydroxylation is 1. The van der Waals surface area contributed by atoms with Crippen LogP contribution in [0, 0.1) is 29.9 Å². The van der Waals surface area contributed by atoms with Gasteiger partial charge in [0.2, 0.25) is 0 Å². The van der Waals surface area contributed by atoms with E-state index in [1.165, 1.54) is 36.7 Å². The second-order valence-electron chi connectivity index (χ2n) is 9.21. The van der Waals surface area contributed by atoms with E-state index in [9.17, 15) is 14.8 Å². The average Bonchev–Trinajstić information content (AvgIpc) is 2.86. The standard InChI is InChI=1S/C27H25ClF2N6O/c1-6-36(15(3)18-9-16(11-31)7-8-19(18)29)25-22(28)14(2)34-21-10-20(30)23(35-24(21)25)17-12-32-26(33-13-17)27(4,5)37/h7-10,12-13,15,37H,6H2,1-5H3/t15-/m1/s1. The molecule has 1 atom stereocenters. The highest BCUT2D eigenvalue weighted by molar-refractivity contribution is 6.35. The number of rotatable bonds is 6. The molecule has 10 heteroatoms. The molecule has 4 aromatic rings. The lowest BCUT2D eigenvalue weighted by Gasteiger charge is -2.32. The lowest BCUT2D eigenvalue weighted by Crippen LogP contribution is -2.28. The number of nitriles is 1. The van der Waals surface area contributed by atoms with Crippen LogP contribution in [0.15, 0.2) is 36.7 Å². The first-order valence-corrected chi connectivity index (χ1v) is 12.0. The molecular formula is C27H25ClF2N6O. The van der Waals surface area contributed by atoms with Gasteiger partial charge >= 0.3 is 0 Å². The van der Waals surface area contributed by atoms with Crippen LogP contribution in [0.4, 0.5) is 14.5 Å². The Balaban J connectivity index is 1.92. The van der Waals surface area contributed by atoms with E-state index in [1.54, 1.807) is 27.7 Å². The normalized spacial score (nSPS) is 12.4. The lowest BCUT2D eigenvalue weighted by molar-refractivity contribution is 0.0687. The first-order chi connectivity index (χ1) is 17.5. The van der Waals surface area contributed by atoms with E-state index >= 15 is 4.39 Å². The Morgan fingerprint density at radius 3 is 2.41 bits per heavy atom. The Morgan fingerprint density at radius 2 is 1.81 bits per heavy atom. The second kappa shape index (κ2) is 9.96. The fourth-order valence-electron chi connectivity index (χ4n) is 4.20. The van der Waals surface area contributed by atoms with E-state index < -0.39 is 23.3 Å². The molecular weight excluding hydrogens is 498 g/mol. The molecule has 0 unspecified atom stereocenters. The minimum Gasteiger partial charge on any atom is -0.382 e. The van der Waals surface area contributed by atoms with Crippen molar-refractivity contribution >= 4 is 28.3 Å². The highest BCUT2D eigenvalue weighted by atomic mass is 35.5. The first-order valence-electron chi connectivity index (χ1n) is 11.6. The summed E-state index contributed by atoms with van der Waals surface area (Å²) in [6.45, 7) is 8.90. The number of halogens is 3. The van der Waals surface area contributed by atoms with Gasteiger partial charge < -0.3 is 10.0 Å². The van der Waals surface area contributed by atoms with Gasteiger partial charge in [-0.3, -0.25) is 0 Å². The molecule has 0 amide bonds. The van der Waals surface area contributed by atoms with Gasteiger partial charge in [-0.05, 0) is 52.8 Å². The van der Waals surface area contributed by atoms with E-state index in [0.29, 0.717) is 45.2 Å². The number of benzene rings is 1. The van der Waals surface area contributed by atoms with Crippen LogP contribution >= 0.6 is 11.6 Å². The van der Waals surface area contributed by atoms with Crippen molar-refractivity contribution in [2.45, 2.75) is 46.3 Å². The molecule has 3 heterocycles. The third kappa shape index (κ3) is 4.95. The SMILES string of the molecule is CCN(c1c(Cl)c(C)nc2cc(F)c(-c3cnc(C(C)(C)O)nc3)nc12)[C@H](C)c1cc(C#N)ccc1F. The Morgan fingerprint density at radius 1 is 1.14 bits per heavy atom. The lowest BCUT2D eigenvalue weighted by atomic mass is 10.0. The van der Waals surface area contributed by atoms with Crippen LogP contribution in [-0.2, 0) is 5.60 Å². The number of pyridine rings is 2. The number of fused-ring (bicyclic) bond motifs is 1. The maximum atomic E-state index is 15.2. The predicted octanol–water partition coefficient (Wildman–Crippen LogP) is 6.01. The predicted molar refractivity (Wildman–Crippen MR) is 138 cm³/mol. The van der Waals surface area contributed by atoms with Gasteiger partial charge in [-0.15, -0.1) is 0 Å². The largest absolute Gasteiger partial charge is 0.382 e. The molecule has 0 bridgehead atoms. The summed E-state index contributed by atoms with van der Waals surface area (Å²) in [5.74, 6) is -0.901. The van der Waals surface area contributed by atoms with Gasteiger partial charge in [0.25, 0.3) is 0 Å². The quantitative estimate of drug-likeness (QED) is 0.331. The molecule has 0 saturated heterocycles. The summed E-state index contributed by atoms with van der Waals surface area (Å²) in [6, 6.07) is 6.96. The maximum Gasteiger partial charge on any atom is 0.159 e. The van der Waals surface area contributed by atoms with Crippen LogP contribution in [0.5, 0.6) is 0 Å². The Hall–Kier alpha value is -3.74. The summed E-state index contributed by atoms with van der Waals surface area (Å²) < 4.78 is 30.1. The molecule has 1 aromatic carbocycles. The highest BCUT2D eigenvalue weighted by Crippen LogP contribution is 2.40. The van der Waals surface area contributed by atoms with E-state index in [1.807, 2.05) is 17.9 Å². The van der Waals surface area contributed by atoms with Crippen molar-refractivity contribution in [3.8, 4) is 17.3 Å². The van der Waals surface area contributed by atoms with Crippen molar-refractivity contribution in [1.29, 1.82) is 5.26 Å². The van der Waals surface area contributed by atoms with Gasteiger partial charge in [-0.1, -0.05) is 11.6 Å². The van der Waals surface area contributed by atoms with Gasteiger partial charge in [-0.2, -0.15) is 5.26 Å². The van der Waals surface area contributed by atoms with Crippen LogP contribution in [-0.4, -0.2) is 31.6 Å². The average molecular weight is 523 g/mol. The Labute approximate surface area is 218 Å². The highest BCUT2D eigenvalue weighted by Gasteiger charge is 2.26. The van der Waals surface area contributed by atoms with Crippen LogP contribution < -0.4 is 4.90 Å². The van der Waals surface area contributed by atoms with Gasteiger partial charge in [0, 0.05) is 36.1 Å². The van der Waals surface area contributed by atoms with E-state index in [2.05, 4.69) is 19.9 Å². The first kappa shape index (κ1) is 26.3. The molecule has 0 aliphatic rings. The molecule has 0 fully saturated rings. The molecule has 0 aliphatic carbocycles. The van der Waals surface area contributed by atoms with E-state index in [-0.39, 0.29) is 17.0 Å². The topological polar surface area (TPSA) is 98.8 Å². The number of aromatic nitrogens is 4. The molecule has 3 aromatic heterocycles. The van der Waals surface area contributed by atoms with Crippen molar-refractivity contribution in [1.82, 2.24) is 19.9 Å². The molecule has 190 valence electrons. The minimum atomic E-state index is -1.26. The zero-order chi connectivity index (χ0) is 27.1. The summed E-state index contributed by atoms with van der Waals surface area (Å²) in [5, 5.41) is 19.8. The molecule has 0 spiro atoms. The number of hydrogen-bond acceptors (Lipinski definition) is 7. The fourth-order valence-corrected chi connectivity index (χ4v) is 4.44. The zero-order valence-corrected chi connectivity index (χ0v) is 21.8. The number of aliphatic hydroxyl groups is 1. The molecule has 7 nitrogen and oxygen atoms in total. The summed E-state index contributed by atoms with van der Waals surface area (Å²) in [6.07, 6.45) is 2.78. The van der Waals surface area contributed by atoms with E-state index in [4.69, 9.17) is 11.6 Å². The molecule has 1 N–H and O–H groups in total. The molecule has 0 radical (unpaired) electrons. The van der Waals surface area contributed by atoms with Crippen molar-refractivity contribution in [2.75, 3.05) is 11.4 Å². The Bertz CT molecular complexity index is 1530. The Kier molecular flexibility index (Phi) is 7.09. The van der Waals surface area contributed by atoms with Crippen molar-refractivity contribution in [3.63, 3.8) is 0 Å². The summed E-state index contributed by atoms with van der Waals surface area (Å²) >= 11 is 6.75. The second-order valence-corrected chi connectivity index (χ2v) is 9.59. The third-order valence-corrected chi connectivity index (χ3v) is 6.59. The number of nitrogens with zero attached hydrogens (tertiary/aromatic N) is 6. The summed E-state index contributed by atoms with van der Waals surface area (Å²) in [5.41, 5.74) is 1.22. The van der Waals surface area contributed by atoms with Gasteiger partial charge in [0.15, 0.2) is 11.6 Å². The van der Waals surface area contributed by atoms with Crippen molar-refractivity contribution < 1.29 is 13.9 Å². The van der Waals surface area contributed by atoms with Gasteiger partial charge in [0.05, 0.1) is 39.6 Å². The monoisotopic (exact) mass is 522 g/mol. The van der Waals surface area contributed by atoms with Crippen LogP contribution in [0.2, 0.25) is 5.02 Å². The van der Waals surface area contributed by atoms with E-state index in [0.717, 1.165) is 0 Å². The molecule has 0 aliphatic heterocycles. The van der Waals surface area contributed by atoms with Crippen LogP contribution in [0.1, 0.15) is 56.4 Å². The fraction of sp³-hybridized carbons (Fsp3) is 0.296. The molecule has 4 rings (SSSR count). The molecule has 37 heavy (non-hydrogen) atoms. The van der Waals surface area contributed by atoms with Crippen LogP contribution in [0.25, 0.3) is 22.3 Å².